The van der Waals surface area contributed by atoms with Gasteiger partial charge in [0.05, 0.1) is 12.0 Å². The second kappa shape index (κ2) is 9.06. The zero-order chi connectivity index (χ0) is 20.9. The van der Waals surface area contributed by atoms with Crippen molar-refractivity contribution < 1.29 is 13.2 Å². The molecule has 0 saturated carbocycles. The number of aryl methyl sites for hydroxylation is 1. The third kappa shape index (κ3) is 5.12. The molecule has 1 heterocycles. The highest BCUT2D eigenvalue weighted by Crippen LogP contribution is 2.28. The Hall–Kier alpha value is -2.91. The molecule has 0 saturated heterocycles. The molecule has 0 aliphatic heterocycles. The van der Waals surface area contributed by atoms with Crippen LogP contribution in [0, 0.1) is 6.92 Å². The van der Waals surface area contributed by atoms with Crippen molar-refractivity contribution >= 4 is 32.9 Å². The molecule has 0 amide bonds. The summed E-state index contributed by atoms with van der Waals surface area (Å²) in [5.74, 6) is 0.583. The van der Waals surface area contributed by atoms with Crippen LogP contribution in [-0.4, -0.2) is 36.9 Å². The smallest absolute Gasteiger partial charge is 0.285 e. The number of hydrogen-bond donors (Lipinski definition) is 1. The van der Waals surface area contributed by atoms with Crippen molar-refractivity contribution in [3.63, 3.8) is 0 Å². The first-order chi connectivity index (χ1) is 13.9. The molecule has 0 aliphatic carbocycles. The number of methoxy groups -OCH3 is 1. The molecule has 0 atom stereocenters. The maximum atomic E-state index is 13.1. The zero-order valence-electron chi connectivity index (χ0n) is 16.2. The number of thioether (sulfide) groups is 1. The van der Waals surface area contributed by atoms with E-state index in [2.05, 4.69) is 19.7 Å². The van der Waals surface area contributed by atoms with E-state index in [9.17, 15) is 8.42 Å². The Bertz CT molecular complexity index is 1130. The minimum atomic E-state index is -3.98. The van der Waals surface area contributed by atoms with Crippen LogP contribution in [0.2, 0.25) is 0 Å². The van der Waals surface area contributed by atoms with Crippen molar-refractivity contribution in [2.24, 2.45) is 4.40 Å². The lowest BCUT2D eigenvalue weighted by Crippen LogP contribution is -2.14. The lowest BCUT2D eigenvalue weighted by Gasteiger charge is -2.10. The average molecular weight is 429 g/mol. The summed E-state index contributed by atoms with van der Waals surface area (Å²) in [6.45, 7) is 1.79. The molecule has 29 heavy (non-hydrogen) atoms. The molecule has 1 N–H and O–H groups in total. The summed E-state index contributed by atoms with van der Waals surface area (Å²) in [7, 11) is -2.48. The fourth-order valence-electron chi connectivity index (χ4n) is 2.61. The SMILES string of the molecule is COc1cc(C)nc(N/C(=N/S(=O)(=O)c2ccccc2-c2ccccc2)SC)n1. The number of ether oxygens (including phenoxy) is 1. The molecule has 2 aromatic carbocycles. The van der Waals surface area contributed by atoms with Crippen molar-refractivity contribution in [3.05, 3.63) is 66.4 Å². The number of benzene rings is 2. The van der Waals surface area contributed by atoms with Gasteiger partial charge in [-0.05, 0) is 24.8 Å². The van der Waals surface area contributed by atoms with E-state index in [0.29, 0.717) is 17.1 Å². The second-order valence-electron chi connectivity index (χ2n) is 5.94. The Morgan fingerprint density at radius 2 is 1.76 bits per heavy atom. The maximum absolute atomic E-state index is 13.1. The summed E-state index contributed by atoms with van der Waals surface area (Å²) >= 11 is 1.15. The van der Waals surface area contributed by atoms with Crippen LogP contribution in [0.1, 0.15) is 5.69 Å². The second-order valence-corrected chi connectivity index (χ2v) is 8.31. The van der Waals surface area contributed by atoms with Gasteiger partial charge in [0.25, 0.3) is 10.0 Å². The molecule has 0 radical (unpaired) electrons. The van der Waals surface area contributed by atoms with Gasteiger partial charge in [-0.15, -0.1) is 4.40 Å². The van der Waals surface area contributed by atoms with Crippen LogP contribution in [0.15, 0.2) is 70.0 Å². The van der Waals surface area contributed by atoms with E-state index in [1.165, 1.54) is 7.11 Å². The Labute approximate surface area is 174 Å². The minimum Gasteiger partial charge on any atom is -0.481 e. The third-order valence-electron chi connectivity index (χ3n) is 3.90. The van der Waals surface area contributed by atoms with Crippen LogP contribution in [0.25, 0.3) is 11.1 Å². The highest BCUT2D eigenvalue weighted by atomic mass is 32.2. The molecule has 3 aromatic rings. The monoisotopic (exact) mass is 428 g/mol. The average Bonchev–Trinajstić information content (AvgIpc) is 2.73. The normalized spacial score (nSPS) is 11.9. The predicted octanol–water partition coefficient (Wildman–Crippen LogP) is 3.98. The van der Waals surface area contributed by atoms with E-state index < -0.39 is 10.0 Å². The van der Waals surface area contributed by atoms with Gasteiger partial charge in [-0.2, -0.15) is 13.4 Å². The summed E-state index contributed by atoms with van der Waals surface area (Å²) < 4.78 is 35.3. The number of amidine groups is 1. The molecule has 0 spiro atoms. The first-order valence-corrected chi connectivity index (χ1v) is 11.3. The standard InChI is InChI=1S/C20H20N4O3S2/c1-14-13-18(27-2)22-19(21-14)23-20(28-3)24-29(25,26)17-12-8-7-11-16(17)15-9-5-4-6-10-15/h4-13H,1-3H3,(H,21,22,23,24). The van der Waals surface area contributed by atoms with Crippen molar-refractivity contribution in [3.8, 4) is 17.0 Å². The van der Waals surface area contributed by atoms with E-state index in [-0.39, 0.29) is 16.0 Å². The molecular formula is C20H20N4O3S2. The molecule has 7 nitrogen and oxygen atoms in total. The number of hydrogen-bond acceptors (Lipinski definition) is 6. The first kappa shape index (κ1) is 20.8. The van der Waals surface area contributed by atoms with Crippen LogP contribution >= 0.6 is 11.8 Å². The van der Waals surface area contributed by atoms with Gasteiger partial charge < -0.3 is 10.1 Å². The van der Waals surface area contributed by atoms with Crippen LogP contribution in [0.5, 0.6) is 5.88 Å². The molecule has 3 rings (SSSR count). The number of rotatable bonds is 5. The molecule has 1 aromatic heterocycles. The minimum absolute atomic E-state index is 0.127. The maximum Gasteiger partial charge on any atom is 0.285 e. The molecule has 0 bridgehead atoms. The zero-order valence-corrected chi connectivity index (χ0v) is 17.8. The van der Waals surface area contributed by atoms with Gasteiger partial charge in [0, 0.05) is 17.3 Å². The van der Waals surface area contributed by atoms with E-state index in [1.807, 2.05) is 30.3 Å². The topological polar surface area (TPSA) is 93.5 Å². The summed E-state index contributed by atoms with van der Waals surface area (Å²) in [5.41, 5.74) is 2.06. The third-order valence-corrected chi connectivity index (χ3v) is 5.94. The Morgan fingerprint density at radius 1 is 1.07 bits per heavy atom. The summed E-state index contributed by atoms with van der Waals surface area (Å²) in [6, 6.07) is 17.8. The summed E-state index contributed by atoms with van der Waals surface area (Å²) in [6.07, 6.45) is 1.72. The van der Waals surface area contributed by atoms with E-state index in [0.717, 1.165) is 17.3 Å². The fourth-order valence-corrected chi connectivity index (χ4v) is 4.48. The van der Waals surface area contributed by atoms with Crippen molar-refractivity contribution in [2.45, 2.75) is 11.8 Å². The lowest BCUT2D eigenvalue weighted by atomic mass is 10.1. The Kier molecular flexibility index (Phi) is 6.50. The van der Waals surface area contributed by atoms with Crippen LogP contribution in [0.3, 0.4) is 0 Å². The lowest BCUT2D eigenvalue weighted by molar-refractivity contribution is 0.397. The number of nitrogens with zero attached hydrogens (tertiary/aromatic N) is 3. The molecule has 9 heteroatoms. The summed E-state index contributed by atoms with van der Waals surface area (Å²) in [5, 5.41) is 3.01. The summed E-state index contributed by atoms with van der Waals surface area (Å²) in [4.78, 5) is 8.55. The van der Waals surface area contributed by atoms with Crippen molar-refractivity contribution in [2.75, 3.05) is 18.7 Å². The predicted molar refractivity (Wildman–Crippen MR) is 117 cm³/mol. The molecule has 0 aliphatic rings. The highest BCUT2D eigenvalue weighted by Gasteiger charge is 2.20. The van der Waals surface area contributed by atoms with Crippen LogP contribution < -0.4 is 10.1 Å². The fraction of sp³-hybridized carbons (Fsp3) is 0.150. The highest BCUT2D eigenvalue weighted by molar-refractivity contribution is 8.14. The van der Waals surface area contributed by atoms with Crippen molar-refractivity contribution in [1.82, 2.24) is 9.97 Å². The quantitative estimate of drug-likeness (QED) is 0.485. The Balaban J connectivity index is 1.99. The van der Waals surface area contributed by atoms with Gasteiger partial charge in [0.2, 0.25) is 11.8 Å². The largest absolute Gasteiger partial charge is 0.481 e. The van der Waals surface area contributed by atoms with E-state index >= 15 is 0 Å². The van der Waals surface area contributed by atoms with Gasteiger partial charge in [0.15, 0.2) is 5.17 Å². The van der Waals surface area contributed by atoms with Crippen molar-refractivity contribution in [1.29, 1.82) is 0 Å². The van der Waals surface area contributed by atoms with Gasteiger partial charge in [-0.3, -0.25) is 0 Å². The number of sulfonamides is 1. The number of anilines is 1. The molecule has 0 fully saturated rings. The van der Waals surface area contributed by atoms with Crippen LogP contribution in [-0.2, 0) is 10.0 Å². The molecular weight excluding hydrogens is 408 g/mol. The number of aromatic nitrogens is 2. The van der Waals surface area contributed by atoms with Gasteiger partial charge >= 0.3 is 0 Å². The van der Waals surface area contributed by atoms with Gasteiger partial charge in [-0.1, -0.05) is 60.3 Å². The van der Waals surface area contributed by atoms with Gasteiger partial charge in [0.1, 0.15) is 0 Å². The Morgan fingerprint density at radius 3 is 2.45 bits per heavy atom. The number of nitrogens with one attached hydrogen (secondary N) is 1. The first-order valence-electron chi connectivity index (χ1n) is 8.63. The van der Waals surface area contributed by atoms with E-state index in [4.69, 9.17) is 4.74 Å². The van der Waals surface area contributed by atoms with E-state index in [1.54, 1.807) is 43.5 Å². The van der Waals surface area contributed by atoms with Crippen LogP contribution in [0.4, 0.5) is 5.95 Å². The molecule has 150 valence electrons. The van der Waals surface area contributed by atoms with Gasteiger partial charge in [-0.25, -0.2) is 4.98 Å². The molecule has 0 unspecified atom stereocenters.